The average molecular weight is 218 g/mol. The number of hydrogen-bond donors (Lipinski definition) is 1. The van der Waals surface area contributed by atoms with Crippen LogP contribution in [0.3, 0.4) is 0 Å². The Balaban J connectivity index is 2.38. The molecule has 2 nitrogen and oxygen atoms in total. The molecular weight excluding hydrogens is 208 g/mol. The first-order valence-corrected chi connectivity index (χ1v) is 5.67. The minimum Gasteiger partial charge on any atom is -0.353 e. The summed E-state index contributed by atoms with van der Waals surface area (Å²) in [6.45, 7) is 0. The largest absolute Gasteiger partial charge is 0.353 e. The average Bonchev–Trinajstić information content (AvgIpc) is 2.77. The first kappa shape index (κ1) is 8.76. The second-order valence-corrected chi connectivity index (χ2v) is 4.26. The molecule has 2 heteroatoms. The number of aromatic amines is 1. The summed E-state index contributed by atoms with van der Waals surface area (Å²) in [4.78, 5) is 7.56. The van der Waals surface area contributed by atoms with Gasteiger partial charge >= 0.3 is 0 Å². The van der Waals surface area contributed by atoms with Crippen LogP contribution in [-0.2, 0) is 0 Å². The zero-order valence-corrected chi connectivity index (χ0v) is 9.14. The van der Waals surface area contributed by atoms with Gasteiger partial charge in [-0.05, 0) is 22.9 Å². The highest BCUT2D eigenvalue weighted by atomic mass is 14.7. The highest BCUT2D eigenvalue weighted by Gasteiger charge is 2.06. The number of aromatic nitrogens is 2. The molecule has 0 saturated heterocycles. The van der Waals surface area contributed by atoms with Gasteiger partial charge in [0.25, 0.3) is 0 Å². The number of H-pyrrole nitrogens is 1. The van der Waals surface area contributed by atoms with Gasteiger partial charge in [0, 0.05) is 22.5 Å². The van der Waals surface area contributed by atoms with E-state index >= 15 is 0 Å². The lowest BCUT2D eigenvalue weighted by Crippen LogP contribution is -1.74. The van der Waals surface area contributed by atoms with E-state index in [1.165, 1.54) is 27.1 Å². The van der Waals surface area contributed by atoms with E-state index in [9.17, 15) is 0 Å². The van der Waals surface area contributed by atoms with E-state index in [1.807, 2.05) is 12.4 Å². The lowest BCUT2D eigenvalue weighted by atomic mass is 10.0. The van der Waals surface area contributed by atoms with E-state index < -0.39 is 0 Å². The third-order valence-corrected chi connectivity index (χ3v) is 3.29. The van der Waals surface area contributed by atoms with E-state index in [-0.39, 0.29) is 0 Å². The van der Waals surface area contributed by atoms with Crippen LogP contribution in [0.1, 0.15) is 0 Å². The number of benzene rings is 2. The van der Waals surface area contributed by atoms with Crippen molar-refractivity contribution in [3.05, 3.63) is 54.9 Å². The lowest BCUT2D eigenvalue weighted by Gasteiger charge is -1.99. The molecule has 0 aliphatic heterocycles. The Labute approximate surface area is 97.9 Å². The van der Waals surface area contributed by atoms with Crippen molar-refractivity contribution in [1.29, 1.82) is 0 Å². The summed E-state index contributed by atoms with van der Waals surface area (Å²) in [6.07, 6.45) is 3.72. The Kier molecular flexibility index (Phi) is 1.59. The Morgan fingerprint density at radius 2 is 1.76 bits per heavy atom. The Bertz CT molecular complexity index is 837. The van der Waals surface area contributed by atoms with Crippen molar-refractivity contribution in [3.8, 4) is 0 Å². The van der Waals surface area contributed by atoms with Crippen molar-refractivity contribution >= 4 is 32.6 Å². The van der Waals surface area contributed by atoms with Gasteiger partial charge in [0.2, 0.25) is 0 Å². The van der Waals surface area contributed by atoms with Gasteiger partial charge in [-0.1, -0.05) is 30.3 Å². The van der Waals surface area contributed by atoms with Crippen LogP contribution in [0, 0.1) is 0 Å². The van der Waals surface area contributed by atoms with E-state index in [2.05, 4.69) is 52.4 Å². The summed E-state index contributed by atoms with van der Waals surface area (Å²) in [7, 11) is 0. The zero-order valence-electron chi connectivity index (χ0n) is 9.14. The molecule has 1 N–H and O–H groups in total. The standard InChI is InChI=1S/C15H10N2/c1-2-4-11-10(3-1)5-6-13-15(11)12-7-8-16-9-14(12)17-13/h1-9,17H. The van der Waals surface area contributed by atoms with Gasteiger partial charge < -0.3 is 4.98 Å². The molecule has 0 saturated carbocycles. The van der Waals surface area contributed by atoms with Crippen molar-refractivity contribution in [3.63, 3.8) is 0 Å². The van der Waals surface area contributed by atoms with Crippen LogP contribution in [0.4, 0.5) is 0 Å². The molecule has 0 spiro atoms. The quantitative estimate of drug-likeness (QED) is 0.477. The Morgan fingerprint density at radius 3 is 2.76 bits per heavy atom. The molecular formula is C15H10N2. The first-order chi connectivity index (χ1) is 8.43. The van der Waals surface area contributed by atoms with Crippen molar-refractivity contribution in [1.82, 2.24) is 9.97 Å². The van der Waals surface area contributed by atoms with Gasteiger partial charge in [0.05, 0.1) is 11.7 Å². The maximum Gasteiger partial charge on any atom is 0.0651 e. The minimum atomic E-state index is 1.10. The molecule has 0 amide bonds. The molecule has 2 aromatic heterocycles. The molecule has 2 aromatic carbocycles. The van der Waals surface area contributed by atoms with E-state index in [0.29, 0.717) is 0 Å². The van der Waals surface area contributed by atoms with Crippen LogP contribution in [0.25, 0.3) is 32.6 Å². The predicted molar refractivity (Wildman–Crippen MR) is 71.1 cm³/mol. The van der Waals surface area contributed by atoms with E-state index in [4.69, 9.17) is 0 Å². The Hall–Kier alpha value is -2.35. The van der Waals surface area contributed by atoms with Crippen molar-refractivity contribution in [2.75, 3.05) is 0 Å². The fourth-order valence-corrected chi connectivity index (χ4v) is 2.52. The fraction of sp³-hybridized carbons (Fsp3) is 0. The lowest BCUT2D eigenvalue weighted by molar-refractivity contribution is 1.35. The minimum absolute atomic E-state index is 1.10. The normalized spacial score (nSPS) is 11.5. The number of nitrogens with zero attached hydrogens (tertiary/aromatic N) is 1. The molecule has 2 heterocycles. The number of rotatable bonds is 0. The number of hydrogen-bond acceptors (Lipinski definition) is 1. The third kappa shape index (κ3) is 1.12. The van der Waals surface area contributed by atoms with Crippen molar-refractivity contribution in [2.45, 2.75) is 0 Å². The molecule has 4 aromatic rings. The molecule has 0 fully saturated rings. The molecule has 17 heavy (non-hydrogen) atoms. The topological polar surface area (TPSA) is 28.7 Å². The van der Waals surface area contributed by atoms with Crippen LogP contribution >= 0.6 is 0 Å². The summed E-state index contributed by atoms with van der Waals surface area (Å²) in [6, 6.07) is 14.8. The summed E-state index contributed by atoms with van der Waals surface area (Å²) in [5, 5.41) is 5.10. The van der Waals surface area contributed by atoms with Crippen LogP contribution in [0.15, 0.2) is 54.9 Å². The Morgan fingerprint density at radius 1 is 0.824 bits per heavy atom. The second-order valence-electron chi connectivity index (χ2n) is 4.26. The SMILES string of the molecule is c1ccc2c(c1)ccc1[nH]c3cnccc3c12. The van der Waals surface area contributed by atoms with Crippen LogP contribution in [0.2, 0.25) is 0 Å². The zero-order chi connectivity index (χ0) is 11.2. The molecule has 0 aliphatic carbocycles. The maximum absolute atomic E-state index is 4.16. The maximum atomic E-state index is 4.16. The first-order valence-electron chi connectivity index (χ1n) is 5.67. The molecule has 0 bridgehead atoms. The van der Waals surface area contributed by atoms with Gasteiger partial charge in [0.1, 0.15) is 0 Å². The molecule has 0 radical (unpaired) electrons. The van der Waals surface area contributed by atoms with Gasteiger partial charge in [-0.2, -0.15) is 0 Å². The summed E-state index contributed by atoms with van der Waals surface area (Å²) >= 11 is 0. The van der Waals surface area contributed by atoms with Gasteiger partial charge in [-0.15, -0.1) is 0 Å². The highest BCUT2D eigenvalue weighted by molar-refractivity contribution is 6.19. The molecule has 0 atom stereocenters. The van der Waals surface area contributed by atoms with Crippen LogP contribution in [-0.4, -0.2) is 9.97 Å². The summed E-state index contributed by atoms with van der Waals surface area (Å²) < 4.78 is 0. The van der Waals surface area contributed by atoms with E-state index in [1.54, 1.807) is 0 Å². The molecule has 0 aliphatic rings. The fourth-order valence-electron chi connectivity index (χ4n) is 2.52. The smallest absolute Gasteiger partial charge is 0.0651 e. The highest BCUT2D eigenvalue weighted by Crippen LogP contribution is 2.31. The van der Waals surface area contributed by atoms with Gasteiger partial charge in [-0.25, -0.2) is 0 Å². The number of pyridine rings is 1. The molecule has 4 rings (SSSR count). The number of fused-ring (bicyclic) bond motifs is 5. The second kappa shape index (κ2) is 3.08. The van der Waals surface area contributed by atoms with Crippen molar-refractivity contribution < 1.29 is 0 Å². The van der Waals surface area contributed by atoms with Gasteiger partial charge in [0.15, 0.2) is 0 Å². The van der Waals surface area contributed by atoms with Crippen molar-refractivity contribution in [2.24, 2.45) is 0 Å². The monoisotopic (exact) mass is 218 g/mol. The third-order valence-electron chi connectivity index (χ3n) is 3.29. The molecule has 0 unspecified atom stereocenters. The van der Waals surface area contributed by atoms with E-state index in [0.717, 1.165) is 5.52 Å². The van der Waals surface area contributed by atoms with Crippen LogP contribution in [0.5, 0.6) is 0 Å². The summed E-state index contributed by atoms with van der Waals surface area (Å²) in [5.74, 6) is 0. The van der Waals surface area contributed by atoms with Crippen LogP contribution < -0.4 is 0 Å². The number of nitrogens with one attached hydrogen (secondary N) is 1. The predicted octanol–water partition coefficient (Wildman–Crippen LogP) is 3.87. The molecule has 80 valence electrons. The van der Waals surface area contributed by atoms with Gasteiger partial charge in [-0.3, -0.25) is 4.98 Å². The summed E-state index contributed by atoms with van der Waals surface area (Å²) in [5.41, 5.74) is 2.27.